The van der Waals surface area contributed by atoms with Crippen molar-refractivity contribution >= 4 is 0 Å². The molecule has 0 aliphatic carbocycles. The Morgan fingerprint density at radius 1 is 1.60 bits per heavy atom. The van der Waals surface area contributed by atoms with Gasteiger partial charge >= 0.3 is 0 Å². The molecule has 0 aliphatic rings. The Hall–Kier alpha value is -1.20. The van der Waals surface area contributed by atoms with Crippen LogP contribution in [0.4, 0.5) is 0 Å². The van der Waals surface area contributed by atoms with Crippen LogP contribution in [0.5, 0.6) is 0 Å². The molecule has 0 amide bonds. The van der Waals surface area contributed by atoms with Crippen LogP contribution < -0.4 is 0 Å². The van der Waals surface area contributed by atoms with Gasteiger partial charge in [-0.3, -0.25) is 0 Å². The van der Waals surface area contributed by atoms with Gasteiger partial charge in [0.2, 0.25) is 0 Å². The summed E-state index contributed by atoms with van der Waals surface area (Å²) >= 11 is 0. The molecule has 0 radical (unpaired) electrons. The fourth-order valence-electron chi connectivity index (χ4n) is 0.628. The zero-order chi connectivity index (χ0) is 7.40. The Kier molecular flexibility index (Phi) is 2.14. The van der Waals surface area contributed by atoms with E-state index in [1.165, 1.54) is 0 Å². The van der Waals surface area contributed by atoms with Crippen LogP contribution in [0.25, 0.3) is 0 Å². The van der Waals surface area contributed by atoms with E-state index in [0.717, 1.165) is 5.76 Å². The molecular weight excluding hydrogens is 128 g/mol. The molecule has 0 fully saturated rings. The molecule has 1 N–H and O–H groups in total. The van der Waals surface area contributed by atoms with Crippen molar-refractivity contribution in [2.24, 2.45) is 0 Å². The molecule has 10 heavy (non-hydrogen) atoms. The summed E-state index contributed by atoms with van der Waals surface area (Å²) in [7, 11) is 0. The molecule has 0 unspecified atom stereocenters. The summed E-state index contributed by atoms with van der Waals surface area (Å²) in [5, 5.41) is 8.32. The third-order valence-electron chi connectivity index (χ3n) is 1.03. The van der Waals surface area contributed by atoms with Crippen molar-refractivity contribution in [2.75, 3.05) is 6.61 Å². The highest BCUT2D eigenvalue weighted by Crippen LogP contribution is 2.03. The van der Waals surface area contributed by atoms with Crippen molar-refractivity contribution in [1.82, 2.24) is 0 Å². The third kappa shape index (κ3) is 1.64. The van der Waals surface area contributed by atoms with Crippen LogP contribution in [0.1, 0.15) is 11.5 Å². The van der Waals surface area contributed by atoms with Gasteiger partial charge in [-0.15, -0.1) is 0 Å². The predicted molar refractivity (Wildman–Crippen MR) is 37.4 cm³/mol. The van der Waals surface area contributed by atoms with Gasteiger partial charge in [0, 0.05) is 0 Å². The number of aryl methyl sites for hydroxylation is 1. The van der Waals surface area contributed by atoms with Crippen LogP contribution in [-0.2, 0) is 0 Å². The number of aliphatic hydroxyl groups is 1. The minimum atomic E-state index is -0.125. The van der Waals surface area contributed by atoms with Crippen molar-refractivity contribution < 1.29 is 9.52 Å². The summed E-state index contributed by atoms with van der Waals surface area (Å²) in [6, 6.07) is 3.61. The fraction of sp³-hybridized carbons (Fsp3) is 0.250. The van der Waals surface area contributed by atoms with E-state index in [1.54, 1.807) is 6.07 Å². The number of rotatable bonds is 0. The normalized spacial score (nSPS) is 8.60. The van der Waals surface area contributed by atoms with Gasteiger partial charge in [0.25, 0.3) is 0 Å². The maximum Gasteiger partial charge on any atom is 0.177 e. The Balaban J connectivity index is 2.76. The van der Waals surface area contributed by atoms with Crippen molar-refractivity contribution in [3.05, 3.63) is 23.7 Å². The Labute approximate surface area is 59.5 Å². The molecule has 0 saturated heterocycles. The van der Waals surface area contributed by atoms with Crippen LogP contribution >= 0.6 is 0 Å². The highest BCUT2D eigenvalue weighted by Gasteiger charge is 1.90. The van der Waals surface area contributed by atoms with E-state index in [2.05, 4.69) is 11.8 Å². The molecular formula is C8H8O2. The Morgan fingerprint density at radius 2 is 2.40 bits per heavy atom. The molecule has 52 valence electrons. The number of hydrogen-bond donors (Lipinski definition) is 1. The van der Waals surface area contributed by atoms with Gasteiger partial charge in [0.1, 0.15) is 12.4 Å². The summed E-state index contributed by atoms with van der Waals surface area (Å²) in [5.74, 6) is 6.58. The molecule has 1 heterocycles. The standard InChI is InChI=1S/C8H8O2/c1-7-4-5-8(10-7)3-2-6-9/h4-5,9H,6H2,1H3. The van der Waals surface area contributed by atoms with E-state index in [1.807, 2.05) is 13.0 Å². The summed E-state index contributed by atoms with van der Waals surface area (Å²) in [6.45, 7) is 1.73. The van der Waals surface area contributed by atoms with Gasteiger partial charge in [-0.05, 0) is 25.0 Å². The van der Waals surface area contributed by atoms with Crippen molar-refractivity contribution in [2.45, 2.75) is 6.92 Å². The lowest BCUT2D eigenvalue weighted by molar-refractivity contribution is 0.350. The first-order chi connectivity index (χ1) is 4.83. The van der Waals surface area contributed by atoms with Gasteiger partial charge < -0.3 is 9.52 Å². The quantitative estimate of drug-likeness (QED) is 0.538. The lowest BCUT2D eigenvalue weighted by atomic mass is 10.4. The molecule has 2 heteroatoms. The summed E-state index contributed by atoms with van der Waals surface area (Å²) < 4.78 is 5.10. The monoisotopic (exact) mass is 136 g/mol. The second-order valence-electron chi connectivity index (χ2n) is 1.87. The average molecular weight is 136 g/mol. The highest BCUT2D eigenvalue weighted by atomic mass is 16.3. The molecule has 0 aliphatic heterocycles. The van der Waals surface area contributed by atoms with Gasteiger partial charge in [-0.1, -0.05) is 5.92 Å². The van der Waals surface area contributed by atoms with Gasteiger partial charge in [0.05, 0.1) is 0 Å². The maximum atomic E-state index is 8.32. The molecule has 0 atom stereocenters. The molecule has 0 spiro atoms. The van der Waals surface area contributed by atoms with E-state index in [9.17, 15) is 0 Å². The Bertz CT molecular complexity index is 262. The van der Waals surface area contributed by atoms with Crippen molar-refractivity contribution in [1.29, 1.82) is 0 Å². The SMILES string of the molecule is Cc1ccc(C#CCO)o1. The summed E-state index contributed by atoms with van der Waals surface area (Å²) in [5.41, 5.74) is 0. The molecule has 1 aromatic rings. The van der Waals surface area contributed by atoms with Crippen LogP contribution in [0.15, 0.2) is 16.5 Å². The van der Waals surface area contributed by atoms with E-state index in [4.69, 9.17) is 9.52 Å². The van der Waals surface area contributed by atoms with Gasteiger partial charge in [-0.2, -0.15) is 0 Å². The largest absolute Gasteiger partial charge is 0.453 e. The number of furan rings is 1. The topological polar surface area (TPSA) is 33.4 Å². The van der Waals surface area contributed by atoms with Gasteiger partial charge in [-0.25, -0.2) is 0 Å². The Morgan fingerprint density at radius 3 is 2.90 bits per heavy atom. The molecule has 1 rings (SSSR count). The first-order valence-corrected chi connectivity index (χ1v) is 2.99. The second kappa shape index (κ2) is 3.09. The van der Waals surface area contributed by atoms with E-state index >= 15 is 0 Å². The summed E-state index contributed by atoms with van der Waals surface area (Å²) in [4.78, 5) is 0. The molecule has 0 bridgehead atoms. The maximum absolute atomic E-state index is 8.32. The second-order valence-corrected chi connectivity index (χ2v) is 1.87. The lowest BCUT2D eigenvalue weighted by Crippen LogP contribution is -1.71. The first kappa shape index (κ1) is 6.91. The predicted octanol–water partition coefficient (Wildman–Crippen LogP) is 0.932. The van der Waals surface area contributed by atoms with Crippen molar-refractivity contribution in [3.8, 4) is 11.8 Å². The average Bonchev–Trinajstić information content (AvgIpc) is 2.31. The molecule has 2 nitrogen and oxygen atoms in total. The zero-order valence-electron chi connectivity index (χ0n) is 5.72. The van der Waals surface area contributed by atoms with Crippen LogP contribution in [0.3, 0.4) is 0 Å². The minimum absolute atomic E-state index is 0.125. The van der Waals surface area contributed by atoms with Crippen LogP contribution in [0, 0.1) is 18.8 Å². The van der Waals surface area contributed by atoms with E-state index < -0.39 is 0 Å². The van der Waals surface area contributed by atoms with Crippen LogP contribution in [0.2, 0.25) is 0 Å². The zero-order valence-corrected chi connectivity index (χ0v) is 5.72. The van der Waals surface area contributed by atoms with E-state index in [0.29, 0.717) is 5.76 Å². The summed E-state index contributed by atoms with van der Waals surface area (Å²) in [6.07, 6.45) is 0. The highest BCUT2D eigenvalue weighted by molar-refractivity contribution is 5.25. The van der Waals surface area contributed by atoms with E-state index in [-0.39, 0.29) is 6.61 Å². The number of hydrogen-bond acceptors (Lipinski definition) is 2. The lowest BCUT2D eigenvalue weighted by Gasteiger charge is -1.78. The first-order valence-electron chi connectivity index (χ1n) is 2.99. The molecule has 0 saturated carbocycles. The smallest absolute Gasteiger partial charge is 0.177 e. The molecule has 0 aromatic carbocycles. The number of aliphatic hydroxyl groups excluding tert-OH is 1. The van der Waals surface area contributed by atoms with Gasteiger partial charge in [0.15, 0.2) is 5.76 Å². The fourth-order valence-corrected chi connectivity index (χ4v) is 0.628. The van der Waals surface area contributed by atoms with Crippen LogP contribution in [-0.4, -0.2) is 11.7 Å². The molecule has 1 aromatic heterocycles. The minimum Gasteiger partial charge on any atom is -0.453 e. The van der Waals surface area contributed by atoms with Crippen molar-refractivity contribution in [3.63, 3.8) is 0 Å². The third-order valence-corrected chi connectivity index (χ3v) is 1.03.